The lowest BCUT2D eigenvalue weighted by Gasteiger charge is -2.37. The topological polar surface area (TPSA) is 131 Å². The molecule has 0 saturated carbocycles. The Hall–Kier alpha value is -3.20. The predicted molar refractivity (Wildman–Crippen MR) is 119 cm³/mol. The van der Waals surface area contributed by atoms with Crippen LogP contribution in [0.4, 0.5) is 5.69 Å². The van der Waals surface area contributed by atoms with Crippen molar-refractivity contribution in [3.63, 3.8) is 0 Å². The van der Waals surface area contributed by atoms with E-state index in [0.29, 0.717) is 17.8 Å². The summed E-state index contributed by atoms with van der Waals surface area (Å²) in [5, 5.41) is 20.4. The molecule has 1 aliphatic rings. The van der Waals surface area contributed by atoms with Crippen LogP contribution in [-0.2, 0) is 11.2 Å². The summed E-state index contributed by atoms with van der Waals surface area (Å²) >= 11 is 0. The molecule has 4 atom stereocenters. The van der Waals surface area contributed by atoms with Gasteiger partial charge in [0.25, 0.3) is 0 Å². The zero-order valence-corrected chi connectivity index (χ0v) is 17.8. The largest absolute Gasteiger partial charge is 0.396 e. The first kappa shape index (κ1) is 22.0. The maximum Gasteiger partial charge on any atom is 0.187 e. The molecule has 0 aliphatic carbocycles. The fraction of sp³-hybridized carbons (Fsp3) is 0.333. The Morgan fingerprint density at radius 2 is 1.97 bits per heavy atom. The van der Waals surface area contributed by atoms with Gasteiger partial charge in [-0.15, -0.1) is 0 Å². The highest BCUT2D eigenvalue weighted by Crippen LogP contribution is 2.34. The van der Waals surface area contributed by atoms with Gasteiger partial charge in [0.2, 0.25) is 0 Å². The zero-order valence-electron chi connectivity index (χ0n) is 17.8. The molecule has 3 heterocycles. The Kier molecular flexibility index (Phi) is 6.55. The highest BCUT2D eigenvalue weighted by Gasteiger charge is 2.37. The minimum Gasteiger partial charge on any atom is -0.396 e. The number of benzene rings is 1. The third kappa shape index (κ3) is 4.52. The number of nitrogen functional groups attached to an aromatic ring is 1. The molecule has 166 valence electrons. The van der Waals surface area contributed by atoms with Crippen LogP contribution in [0.15, 0.2) is 55.0 Å². The van der Waals surface area contributed by atoms with Gasteiger partial charge in [-0.25, -0.2) is 9.97 Å². The highest BCUT2D eigenvalue weighted by atomic mass is 16.5. The summed E-state index contributed by atoms with van der Waals surface area (Å²) in [6.45, 7) is 1.89. The number of hydrogen-bond donors (Lipinski definition) is 3. The molecule has 1 fully saturated rings. The number of aliphatic hydroxyl groups excluding tert-OH is 2. The van der Waals surface area contributed by atoms with Gasteiger partial charge in [-0.1, -0.05) is 37.3 Å². The van der Waals surface area contributed by atoms with Crippen LogP contribution in [0.3, 0.4) is 0 Å². The number of nitrogens with zero attached hydrogens (tertiary/aromatic N) is 3. The molecule has 4 N–H and O–H groups in total. The van der Waals surface area contributed by atoms with Crippen molar-refractivity contribution < 1.29 is 19.7 Å². The van der Waals surface area contributed by atoms with Crippen LogP contribution >= 0.6 is 0 Å². The second-order valence-corrected chi connectivity index (χ2v) is 7.90. The van der Waals surface area contributed by atoms with Crippen LogP contribution in [0.1, 0.15) is 47.5 Å². The number of anilines is 1. The van der Waals surface area contributed by atoms with Crippen LogP contribution < -0.4 is 5.73 Å². The first-order valence-electron chi connectivity index (χ1n) is 10.6. The number of aromatic nitrogens is 3. The van der Waals surface area contributed by atoms with Gasteiger partial charge in [0, 0.05) is 30.8 Å². The normalized spacial score (nSPS) is 23.1. The maximum atomic E-state index is 13.2. The second-order valence-electron chi connectivity index (χ2n) is 7.90. The summed E-state index contributed by atoms with van der Waals surface area (Å²) < 4.78 is 6.03. The van der Waals surface area contributed by atoms with E-state index in [1.807, 2.05) is 37.3 Å². The van der Waals surface area contributed by atoms with E-state index < -0.39 is 24.4 Å². The number of rotatable bonds is 6. The first-order chi connectivity index (χ1) is 15.5. The molecule has 1 aromatic carbocycles. The van der Waals surface area contributed by atoms with Crippen molar-refractivity contribution in [1.29, 1.82) is 0 Å². The van der Waals surface area contributed by atoms with Crippen LogP contribution in [0.25, 0.3) is 11.4 Å². The summed E-state index contributed by atoms with van der Waals surface area (Å²) in [5.74, 6) is 0.160. The van der Waals surface area contributed by atoms with Crippen LogP contribution in [-0.4, -0.2) is 49.3 Å². The summed E-state index contributed by atoms with van der Waals surface area (Å²) in [7, 11) is 0. The van der Waals surface area contributed by atoms with Gasteiger partial charge in [0.15, 0.2) is 11.6 Å². The van der Waals surface area contributed by atoms with Crippen molar-refractivity contribution in [2.45, 2.75) is 50.6 Å². The predicted octanol–water partition coefficient (Wildman–Crippen LogP) is 2.51. The van der Waals surface area contributed by atoms with E-state index in [2.05, 4.69) is 15.0 Å². The molecule has 0 unspecified atom stereocenters. The third-order valence-electron chi connectivity index (χ3n) is 5.72. The quantitative estimate of drug-likeness (QED) is 0.504. The SMILES string of the molecule is CC[C@H]1O[C@@H](c2ccncc2CC(=O)c2nc(-c3ccccc3)ncc2N)C[C@@H](O)[C@@H]1O. The molecule has 4 rings (SSSR count). The molecule has 0 amide bonds. The Labute approximate surface area is 186 Å². The number of carbonyl (C=O) groups is 1. The lowest BCUT2D eigenvalue weighted by atomic mass is 9.90. The number of hydrogen-bond acceptors (Lipinski definition) is 8. The summed E-state index contributed by atoms with van der Waals surface area (Å²) in [6, 6.07) is 11.1. The Balaban J connectivity index is 1.60. The van der Waals surface area contributed by atoms with E-state index in [1.165, 1.54) is 6.20 Å². The zero-order chi connectivity index (χ0) is 22.7. The minimum atomic E-state index is -0.930. The number of ketones is 1. The number of pyridine rings is 1. The lowest BCUT2D eigenvalue weighted by Crippen LogP contribution is -2.45. The molecule has 0 radical (unpaired) electrons. The fourth-order valence-electron chi connectivity index (χ4n) is 3.99. The maximum absolute atomic E-state index is 13.2. The fourth-order valence-corrected chi connectivity index (χ4v) is 3.99. The van der Waals surface area contributed by atoms with E-state index in [9.17, 15) is 15.0 Å². The van der Waals surface area contributed by atoms with Gasteiger partial charge in [-0.3, -0.25) is 9.78 Å². The minimum absolute atomic E-state index is 0.0217. The van der Waals surface area contributed by atoms with E-state index in [0.717, 1.165) is 11.1 Å². The Bertz CT molecular complexity index is 1090. The summed E-state index contributed by atoms with van der Waals surface area (Å²) in [6.07, 6.45) is 2.74. The van der Waals surface area contributed by atoms with Gasteiger partial charge in [-0.05, 0) is 23.6 Å². The van der Waals surface area contributed by atoms with Gasteiger partial charge in [0.05, 0.1) is 30.2 Å². The molecule has 1 aliphatic heterocycles. The average molecular weight is 434 g/mol. The van der Waals surface area contributed by atoms with Gasteiger partial charge in [0.1, 0.15) is 11.8 Å². The number of carbonyl (C=O) groups excluding carboxylic acids is 1. The molecular weight excluding hydrogens is 408 g/mol. The van der Waals surface area contributed by atoms with E-state index >= 15 is 0 Å². The van der Waals surface area contributed by atoms with E-state index in [-0.39, 0.29) is 30.0 Å². The van der Waals surface area contributed by atoms with Crippen molar-refractivity contribution in [2.24, 2.45) is 0 Å². The monoisotopic (exact) mass is 434 g/mol. The molecule has 1 saturated heterocycles. The molecule has 0 spiro atoms. The first-order valence-corrected chi connectivity index (χ1v) is 10.6. The molecule has 32 heavy (non-hydrogen) atoms. The second kappa shape index (κ2) is 9.52. The van der Waals surface area contributed by atoms with Crippen molar-refractivity contribution in [3.8, 4) is 11.4 Å². The van der Waals surface area contributed by atoms with Crippen LogP contribution in [0.5, 0.6) is 0 Å². The third-order valence-corrected chi connectivity index (χ3v) is 5.72. The van der Waals surface area contributed by atoms with Gasteiger partial charge < -0.3 is 20.7 Å². The van der Waals surface area contributed by atoms with Crippen LogP contribution in [0, 0.1) is 0 Å². The van der Waals surface area contributed by atoms with Gasteiger partial charge >= 0.3 is 0 Å². The van der Waals surface area contributed by atoms with Crippen molar-refractivity contribution in [2.75, 3.05) is 5.73 Å². The molecule has 0 bridgehead atoms. The highest BCUT2D eigenvalue weighted by molar-refractivity contribution is 6.00. The molecular formula is C24H26N4O4. The molecule has 3 aromatic rings. The average Bonchev–Trinajstić information content (AvgIpc) is 2.82. The Morgan fingerprint density at radius 3 is 2.72 bits per heavy atom. The van der Waals surface area contributed by atoms with Gasteiger partial charge in [-0.2, -0.15) is 0 Å². The standard InChI is InChI=1S/C24H26N4O4/c1-2-20-23(31)19(30)11-21(32-20)16-8-9-26-12-15(16)10-18(29)22-17(25)13-27-24(28-22)14-6-4-3-5-7-14/h3-9,12-13,19-21,23,30-31H,2,10-11,25H2,1H3/t19-,20-,21-,23+/m1/s1. The lowest BCUT2D eigenvalue weighted by molar-refractivity contribution is -0.171. The van der Waals surface area contributed by atoms with E-state index in [1.54, 1.807) is 18.5 Å². The molecule has 8 heteroatoms. The Morgan fingerprint density at radius 1 is 1.19 bits per heavy atom. The summed E-state index contributed by atoms with van der Waals surface area (Å²) in [5.41, 5.74) is 8.60. The number of nitrogens with two attached hydrogens (primary N) is 1. The smallest absolute Gasteiger partial charge is 0.187 e. The van der Waals surface area contributed by atoms with Crippen molar-refractivity contribution in [1.82, 2.24) is 15.0 Å². The number of aliphatic hydroxyl groups is 2. The van der Waals surface area contributed by atoms with Crippen molar-refractivity contribution in [3.05, 3.63) is 71.8 Å². The van der Waals surface area contributed by atoms with E-state index in [4.69, 9.17) is 10.5 Å². The number of Topliss-reactive ketones (excluding diaryl/α,β-unsaturated/α-hetero) is 1. The van der Waals surface area contributed by atoms with Crippen molar-refractivity contribution >= 4 is 11.5 Å². The summed E-state index contributed by atoms with van der Waals surface area (Å²) in [4.78, 5) is 26.0. The van der Waals surface area contributed by atoms with Crippen LogP contribution in [0.2, 0.25) is 0 Å². The molecule has 8 nitrogen and oxygen atoms in total. The number of ether oxygens (including phenoxy) is 1. The molecule has 2 aromatic heterocycles.